The number of nitrogens with one attached hydrogen (secondary N) is 3. The maximum absolute atomic E-state index is 14.2. The fourth-order valence-electron chi connectivity index (χ4n) is 4.24. The Morgan fingerprint density at radius 3 is 2.52 bits per heavy atom. The zero-order valence-electron chi connectivity index (χ0n) is 19.2. The molecule has 0 aliphatic carbocycles. The van der Waals surface area contributed by atoms with E-state index in [1.807, 2.05) is 68.4 Å². The largest absolute Gasteiger partial charge is 0.385 e. The first-order valence-electron chi connectivity index (χ1n) is 11.0. The van der Waals surface area contributed by atoms with Crippen molar-refractivity contribution in [2.75, 3.05) is 11.9 Å². The van der Waals surface area contributed by atoms with Gasteiger partial charge in [0, 0.05) is 35.9 Å². The summed E-state index contributed by atoms with van der Waals surface area (Å²) in [6, 6.07) is 19.3. The van der Waals surface area contributed by atoms with Crippen LogP contribution in [0.15, 0.2) is 67.2 Å². The van der Waals surface area contributed by atoms with Crippen LogP contribution in [0.25, 0.3) is 27.7 Å². The molecule has 0 atom stereocenters. The lowest BCUT2D eigenvalue weighted by atomic mass is 10.0. The Kier molecular flexibility index (Phi) is 6.31. The van der Waals surface area contributed by atoms with E-state index in [1.54, 1.807) is 0 Å². The van der Waals surface area contributed by atoms with E-state index < -0.39 is 0 Å². The Bertz CT molecular complexity index is 1340. The van der Waals surface area contributed by atoms with Gasteiger partial charge < -0.3 is 15.6 Å². The number of anilines is 1. The molecule has 3 N–H and O–H groups in total. The number of carbonyl (C=O) groups is 1. The van der Waals surface area contributed by atoms with Gasteiger partial charge in [0.2, 0.25) is 5.91 Å². The summed E-state index contributed by atoms with van der Waals surface area (Å²) in [6.45, 7) is 10.4. The molecule has 1 amide bonds. The molecule has 0 aliphatic heterocycles. The van der Waals surface area contributed by atoms with Crippen LogP contribution in [0.3, 0.4) is 0 Å². The first-order valence-corrected chi connectivity index (χ1v) is 11.0. The van der Waals surface area contributed by atoms with Gasteiger partial charge in [-0.15, -0.1) is 0 Å². The van der Waals surface area contributed by atoms with Crippen LogP contribution in [0.5, 0.6) is 0 Å². The summed E-state index contributed by atoms with van der Waals surface area (Å²) in [4.78, 5) is 14.5. The highest BCUT2D eigenvalue weighted by molar-refractivity contribution is 5.90. The summed E-state index contributed by atoms with van der Waals surface area (Å²) in [7, 11) is 0. The zero-order chi connectivity index (χ0) is 23.5. The molecule has 0 saturated heterocycles. The molecule has 0 bridgehead atoms. The number of hydrogen-bond donors (Lipinski definition) is 3. The van der Waals surface area contributed by atoms with E-state index in [-0.39, 0.29) is 11.7 Å². The minimum Gasteiger partial charge on any atom is -0.385 e. The summed E-state index contributed by atoms with van der Waals surface area (Å²) < 4.78 is 14.2. The third-order valence-electron chi connectivity index (χ3n) is 5.89. The van der Waals surface area contributed by atoms with E-state index >= 15 is 0 Å². The van der Waals surface area contributed by atoms with Gasteiger partial charge in [0.05, 0.1) is 5.52 Å². The Hall–Kier alpha value is -3.86. The van der Waals surface area contributed by atoms with E-state index in [0.29, 0.717) is 12.1 Å². The van der Waals surface area contributed by atoms with Gasteiger partial charge in [0.15, 0.2) is 0 Å². The molecule has 0 radical (unpaired) electrons. The minimum atomic E-state index is -0.218. The molecular weight excluding hydrogens is 413 g/mol. The fraction of sp³-hybridized carbons (Fsp3) is 0.179. The van der Waals surface area contributed by atoms with E-state index in [0.717, 1.165) is 56.7 Å². The molecule has 0 aliphatic rings. The predicted molar refractivity (Wildman–Crippen MR) is 135 cm³/mol. The highest BCUT2D eigenvalue weighted by atomic mass is 19.1. The van der Waals surface area contributed by atoms with Crippen molar-refractivity contribution in [2.45, 2.75) is 27.2 Å². The van der Waals surface area contributed by atoms with Gasteiger partial charge in [-0.1, -0.05) is 49.0 Å². The number of aromatic nitrogens is 1. The zero-order valence-corrected chi connectivity index (χ0v) is 19.2. The van der Waals surface area contributed by atoms with Gasteiger partial charge in [-0.2, -0.15) is 0 Å². The number of fused-ring (bicyclic) bond motifs is 1. The van der Waals surface area contributed by atoms with Crippen LogP contribution >= 0.6 is 0 Å². The molecule has 33 heavy (non-hydrogen) atoms. The maximum Gasteiger partial charge on any atom is 0.221 e. The Labute approximate surface area is 193 Å². The number of aromatic amines is 1. The predicted octanol–water partition coefficient (Wildman–Crippen LogP) is 6.35. The number of aryl methyl sites for hydroxylation is 2. The lowest BCUT2D eigenvalue weighted by Crippen LogP contribution is -2.15. The second kappa shape index (κ2) is 9.33. The van der Waals surface area contributed by atoms with Gasteiger partial charge in [0.1, 0.15) is 5.82 Å². The van der Waals surface area contributed by atoms with Crippen molar-refractivity contribution < 1.29 is 9.18 Å². The van der Waals surface area contributed by atoms with Crippen molar-refractivity contribution in [1.82, 2.24) is 10.3 Å². The Morgan fingerprint density at radius 2 is 1.79 bits per heavy atom. The molecule has 0 spiro atoms. The molecule has 0 unspecified atom stereocenters. The number of halogens is 1. The summed E-state index contributed by atoms with van der Waals surface area (Å²) in [6.07, 6.45) is 0.767. The van der Waals surface area contributed by atoms with Crippen molar-refractivity contribution in [2.24, 2.45) is 0 Å². The van der Waals surface area contributed by atoms with Crippen molar-refractivity contribution in [1.29, 1.82) is 0 Å². The molecule has 4 aromatic rings. The van der Waals surface area contributed by atoms with Crippen molar-refractivity contribution >= 4 is 28.2 Å². The third-order valence-corrected chi connectivity index (χ3v) is 5.89. The first kappa shape index (κ1) is 22.3. The highest BCUT2D eigenvalue weighted by Gasteiger charge is 2.14. The monoisotopic (exact) mass is 441 g/mol. The van der Waals surface area contributed by atoms with Crippen molar-refractivity contribution in [3.63, 3.8) is 0 Å². The first-order chi connectivity index (χ1) is 15.8. The van der Waals surface area contributed by atoms with Crippen LogP contribution in [-0.4, -0.2) is 17.4 Å². The molecule has 1 aromatic heterocycles. The van der Waals surface area contributed by atoms with Crippen molar-refractivity contribution in [3.05, 3.63) is 95.4 Å². The van der Waals surface area contributed by atoms with E-state index in [2.05, 4.69) is 22.2 Å². The van der Waals surface area contributed by atoms with Gasteiger partial charge in [-0.25, -0.2) is 4.39 Å². The molecular formula is C28H28FN3O. The number of carbonyl (C=O) groups excluding carboxylic acids is 1. The molecule has 3 aromatic carbocycles. The van der Waals surface area contributed by atoms with E-state index in [1.165, 1.54) is 13.0 Å². The Morgan fingerprint density at radius 1 is 1.03 bits per heavy atom. The summed E-state index contributed by atoms with van der Waals surface area (Å²) in [5.41, 5.74) is 8.51. The van der Waals surface area contributed by atoms with Gasteiger partial charge >= 0.3 is 0 Å². The van der Waals surface area contributed by atoms with Gasteiger partial charge in [-0.3, -0.25) is 4.79 Å². The van der Waals surface area contributed by atoms with E-state index in [4.69, 9.17) is 0 Å². The molecule has 0 fully saturated rings. The van der Waals surface area contributed by atoms with Crippen LogP contribution in [0, 0.1) is 19.7 Å². The molecule has 0 saturated carbocycles. The average Bonchev–Trinajstić information content (AvgIpc) is 3.13. The second-order valence-corrected chi connectivity index (χ2v) is 8.34. The summed E-state index contributed by atoms with van der Waals surface area (Å²) >= 11 is 0. The summed E-state index contributed by atoms with van der Waals surface area (Å²) in [5, 5.41) is 7.20. The molecule has 168 valence electrons. The number of rotatable bonds is 7. The SMILES string of the molecule is C=C(NCCc1c(C)[nH]c2c(F)ccc(C)c12)c1ccc(-c2cccc(NC(C)=O)c2)cc1. The molecule has 1 heterocycles. The van der Waals surface area contributed by atoms with Crippen LogP contribution in [0.2, 0.25) is 0 Å². The third kappa shape index (κ3) is 4.82. The quantitative estimate of drug-likeness (QED) is 0.313. The lowest BCUT2D eigenvalue weighted by Gasteiger charge is -2.12. The molecule has 4 rings (SSSR count). The van der Waals surface area contributed by atoms with Crippen LogP contribution in [0.1, 0.15) is 29.3 Å². The van der Waals surface area contributed by atoms with Crippen LogP contribution in [0.4, 0.5) is 10.1 Å². The average molecular weight is 442 g/mol. The van der Waals surface area contributed by atoms with Crippen LogP contribution in [-0.2, 0) is 11.2 Å². The topological polar surface area (TPSA) is 56.9 Å². The normalized spacial score (nSPS) is 10.9. The van der Waals surface area contributed by atoms with Gasteiger partial charge in [-0.05, 0) is 66.3 Å². The standard InChI is InChI=1S/C28H28FN3O/c1-17-8-13-26(29)28-27(17)25(19(3)31-28)14-15-30-18(2)21-9-11-22(12-10-21)23-6-5-7-24(16-23)32-20(4)33/h5-13,16,30-31H,2,14-15H2,1,3-4H3,(H,32,33). The molecule has 5 heteroatoms. The minimum absolute atomic E-state index is 0.0898. The summed E-state index contributed by atoms with van der Waals surface area (Å²) in [5.74, 6) is -0.307. The number of benzene rings is 3. The second-order valence-electron chi connectivity index (χ2n) is 8.34. The maximum atomic E-state index is 14.2. The smallest absolute Gasteiger partial charge is 0.221 e. The number of hydrogen-bond acceptors (Lipinski definition) is 2. The molecule has 4 nitrogen and oxygen atoms in total. The highest BCUT2D eigenvalue weighted by Crippen LogP contribution is 2.28. The van der Waals surface area contributed by atoms with Crippen LogP contribution < -0.4 is 10.6 Å². The fourth-order valence-corrected chi connectivity index (χ4v) is 4.24. The van der Waals surface area contributed by atoms with Gasteiger partial charge in [0.25, 0.3) is 0 Å². The number of amides is 1. The lowest BCUT2D eigenvalue weighted by molar-refractivity contribution is -0.114. The van der Waals surface area contributed by atoms with E-state index in [9.17, 15) is 9.18 Å². The van der Waals surface area contributed by atoms with Crippen molar-refractivity contribution in [3.8, 4) is 11.1 Å². The number of H-pyrrole nitrogens is 1. The Balaban J connectivity index is 1.42.